The number of pyridine rings is 1. The minimum Gasteiger partial charge on any atom is -0.364 e. The molecular weight excluding hydrogens is 567 g/mol. The molecule has 1 saturated carbocycles. The number of nitrogens with one attached hydrogen (secondary N) is 2. The molecule has 1 amide bonds. The van der Waals surface area contributed by atoms with Gasteiger partial charge in [0.15, 0.2) is 5.94 Å². The molecule has 4 N–H and O–H groups in total. The van der Waals surface area contributed by atoms with E-state index in [0.717, 1.165) is 12.1 Å². The Balaban J connectivity index is 1.56. The number of benzene rings is 3. The van der Waals surface area contributed by atoms with Crippen molar-refractivity contribution in [1.29, 1.82) is 0 Å². The van der Waals surface area contributed by atoms with Crippen LogP contribution in [0.2, 0.25) is 5.02 Å². The van der Waals surface area contributed by atoms with Crippen LogP contribution in [-0.2, 0) is 16.5 Å². The van der Waals surface area contributed by atoms with Crippen molar-refractivity contribution >= 4 is 45.7 Å². The van der Waals surface area contributed by atoms with Crippen molar-refractivity contribution in [3.63, 3.8) is 0 Å². The lowest BCUT2D eigenvalue weighted by molar-refractivity contribution is -0.137. The number of hydrogen-bond acceptors (Lipinski definition) is 5. The van der Waals surface area contributed by atoms with Crippen molar-refractivity contribution < 1.29 is 31.5 Å². The summed E-state index contributed by atoms with van der Waals surface area (Å²) >= 11 is 6.39. The highest BCUT2D eigenvalue weighted by Crippen LogP contribution is 2.47. The van der Waals surface area contributed by atoms with Gasteiger partial charge in [0.2, 0.25) is 0 Å². The minimum absolute atomic E-state index is 0.0278. The second-order valence-electron chi connectivity index (χ2n) is 10.0. The molecule has 41 heavy (non-hydrogen) atoms. The highest BCUT2D eigenvalue weighted by atomic mass is 35.5. The van der Waals surface area contributed by atoms with E-state index in [9.17, 15) is 31.5 Å². The van der Waals surface area contributed by atoms with Crippen LogP contribution < -0.4 is 16.4 Å². The average Bonchev–Trinajstić information content (AvgIpc) is 3.55. The van der Waals surface area contributed by atoms with Crippen LogP contribution in [0.3, 0.4) is 0 Å². The van der Waals surface area contributed by atoms with E-state index >= 15 is 0 Å². The first-order valence-electron chi connectivity index (χ1n) is 12.3. The fourth-order valence-corrected chi connectivity index (χ4v) is 5.28. The Morgan fingerprint density at radius 3 is 2.51 bits per heavy atom. The molecule has 12 heteroatoms. The standard InChI is InChI=1S/C29H18ClF5N4O2/c30-19-3-1-15(31)10-18(19)26-25-21(39-27(41)13-7-14(29(33,34)35)9-16(32)8-13)11-20-17(24(25)22(12-40)38-26)2-4-23(37-20)28(36)5-6-28/h1-4,7-11,26,38H,5-6,36H2,(H,39,41). The Kier molecular flexibility index (Phi) is 6.15. The van der Waals surface area contributed by atoms with E-state index in [1.807, 2.05) is 5.94 Å². The SMILES string of the molecule is NC1(c2ccc3c4c(c(NC(=O)c5cc(F)cc(C(F)(F)F)c5)cc3n2)C(c2cc(F)ccc2Cl)NC4=C=O)CC1. The molecule has 1 unspecified atom stereocenters. The number of halogens is 6. The molecule has 3 aromatic carbocycles. The van der Waals surface area contributed by atoms with Gasteiger partial charge in [-0.3, -0.25) is 9.78 Å². The summed E-state index contributed by atoms with van der Waals surface area (Å²) in [6, 6.07) is 9.05. The number of nitrogens with zero attached hydrogens (tertiary/aromatic N) is 1. The number of amides is 1. The Morgan fingerprint density at radius 2 is 1.83 bits per heavy atom. The molecule has 208 valence electrons. The third-order valence-electron chi connectivity index (χ3n) is 7.27. The number of aromatic nitrogens is 1. The van der Waals surface area contributed by atoms with Crippen LogP contribution in [0.25, 0.3) is 16.6 Å². The zero-order chi connectivity index (χ0) is 29.3. The van der Waals surface area contributed by atoms with Crippen molar-refractivity contribution in [1.82, 2.24) is 10.3 Å². The fourth-order valence-electron chi connectivity index (χ4n) is 5.05. The summed E-state index contributed by atoms with van der Waals surface area (Å²) in [5.41, 5.74) is 5.46. The van der Waals surface area contributed by atoms with Crippen LogP contribution in [0, 0.1) is 11.6 Å². The number of carbonyl (C=O) groups is 1. The highest BCUT2D eigenvalue weighted by molar-refractivity contribution is 6.31. The number of carbonyl (C=O) groups excluding carboxylic acids is 2. The first kappa shape index (κ1) is 26.9. The van der Waals surface area contributed by atoms with E-state index in [4.69, 9.17) is 17.3 Å². The zero-order valence-corrected chi connectivity index (χ0v) is 21.6. The molecular formula is C29H18ClF5N4O2. The Labute approximate surface area is 234 Å². The monoisotopic (exact) mass is 584 g/mol. The maximum atomic E-state index is 14.3. The van der Waals surface area contributed by atoms with Crippen LogP contribution in [0.15, 0.2) is 54.6 Å². The molecule has 6 nitrogen and oxygen atoms in total. The normalized spacial score (nSPS) is 17.1. The maximum absolute atomic E-state index is 14.3. The molecule has 1 aliphatic heterocycles. The van der Waals surface area contributed by atoms with Gasteiger partial charge in [-0.1, -0.05) is 17.7 Å². The van der Waals surface area contributed by atoms with Gasteiger partial charge in [-0.15, -0.1) is 0 Å². The number of anilines is 1. The Hall–Kier alpha value is -4.31. The summed E-state index contributed by atoms with van der Waals surface area (Å²) in [5, 5.41) is 6.13. The Morgan fingerprint density at radius 1 is 1.07 bits per heavy atom. The van der Waals surface area contributed by atoms with E-state index in [2.05, 4.69) is 15.6 Å². The van der Waals surface area contributed by atoms with Gasteiger partial charge in [-0.2, -0.15) is 13.2 Å². The van der Waals surface area contributed by atoms with E-state index in [1.54, 1.807) is 12.1 Å². The van der Waals surface area contributed by atoms with Crippen LogP contribution in [0.1, 0.15) is 57.2 Å². The minimum atomic E-state index is -4.89. The van der Waals surface area contributed by atoms with Gasteiger partial charge in [0.1, 0.15) is 17.3 Å². The first-order valence-corrected chi connectivity index (χ1v) is 12.7. The number of rotatable bonds is 4. The van der Waals surface area contributed by atoms with Gasteiger partial charge in [0.25, 0.3) is 5.91 Å². The van der Waals surface area contributed by atoms with Crippen molar-refractivity contribution in [2.75, 3.05) is 5.32 Å². The van der Waals surface area contributed by atoms with Crippen LogP contribution in [-0.4, -0.2) is 16.8 Å². The maximum Gasteiger partial charge on any atom is 0.416 e. The zero-order valence-electron chi connectivity index (χ0n) is 20.8. The fraction of sp³-hybridized carbons (Fsp3) is 0.172. The molecule has 1 atom stereocenters. The average molecular weight is 585 g/mol. The van der Waals surface area contributed by atoms with Crippen molar-refractivity contribution in [3.8, 4) is 0 Å². The van der Waals surface area contributed by atoms with Gasteiger partial charge in [0.05, 0.1) is 28.4 Å². The third-order valence-corrected chi connectivity index (χ3v) is 7.61. The van der Waals surface area contributed by atoms with Crippen LogP contribution >= 0.6 is 11.6 Å². The highest BCUT2D eigenvalue weighted by Gasteiger charge is 2.42. The van der Waals surface area contributed by atoms with Gasteiger partial charge in [-0.25, -0.2) is 13.6 Å². The second-order valence-corrected chi connectivity index (χ2v) is 10.4. The predicted octanol–water partition coefficient (Wildman–Crippen LogP) is 6.25. The van der Waals surface area contributed by atoms with Crippen LogP contribution in [0.4, 0.5) is 27.6 Å². The molecule has 0 spiro atoms. The molecule has 1 aromatic heterocycles. The lowest BCUT2D eigenvalue weighted by atomic mass is 9.92. The molecule has 1 aliphatic carbocycles. The quantitative estimate of drug-likeness (QED) is 0.195. The lowest BCUT2D eigenvalue weighted by Crippen LogP contribution is -2.20. The smallest absolute Gasteiger partial charge is 0.364 e. The molecule has 0 saturated heterocycles. The van der Waals surface area contributed by atoms with Crippen molar-refractivity contribution in [3.05, 3.63) is 105 Å². The van der Waals surface area contributed by atoms with E-state index in [1.165, 1.54) is 12.1 Å². The number of alkyl halides is 3. The lowest BCUT2D eigenvalue weighted by Gasteiger charge is -2.20. The summed E-state index contributed by atoms with van der Waals surface area (Å²) in [4.78, 5) is 30.0. The molecule has 0 radical (unpaired) electrons. The van der Waals surface area contributed by atoms with E-state index in [-0.39, 0.29) is 39.2 Å². The Bertz CT molecular complexity index is 1830. The van der Waals surface area contributed by atoms with Crippen LogP contribution in [0.5, 0.6) is 0 Å². The van der Waals surface area contributed by atoms with E-state index < -0.39 is 46.4 Å². The number of hydrogen-bond donors (Lipinski definition) is 3. The van der Waals surface area contributed by atoms with Crippen molar-refractivity contribution in [2.24, 2.45) is 5.73 Å². The van der Waals surface area contributed by atoms with Gasteiger partial charge >= 0.3 is 6.18 Å². The van der Waals surface area contributed by atoms with Crippen molar-refractivity contribution in [2.45, 2.75) is 30.6 Å². The molecule has 4 aromatic rings. The molecule has 6 rings (SSSR count). The molecule has 2 heterocycles. The van der Waals surface area contributed by atoms with E-state index in [0.29, 0.717) is 41.6 Å². The molecule has 1 fully saturated rings. The number of nitrogens with two attached hydrogens (primary N) is 1. The number of fused-ring (bicyclic) bond motifs is 3. The summed E-state index contributed by atoms with van der Waals surface area (Å²) < 4.78 is 68.3. The predicted molar refractivity (Wildman–Crippen MR) is 142 cm³/mol. The van der Waals surface area contributed by atoms with Gasteiger partial charge < -0.3 is 16.4 Å². The van der Waals surface area contributed by atoms with Gasteiger partial charge in [-0.05, 0) is 61.4 Å². The molecule has 2 aliphatic rings. The summed E-state index contributed by atoms with van der Waals surface area (Å²) in [7, 11) is 0. The summed E-state index contributed by atoms with van der Waals surface area (Å²) in [6.45, 7) is 0. The summed E-state index contributed by atoms with van der Waals surface area (Å²) in [6.07, 6.45) is -3.47. The van der Waals surface area contributed by atoms with Gasteiger partial charge in [0, 0.05) is 38.4 Å². The topological polar surface area (TPSA) is 97.1 Å². The summed E-state index contributed by atoms with van der Waals surface area (Å²) in [5.74, 6) is -1.11. The second kappa shape index (κ2) is 9.37. The third kappa shape index (κ3) is 4.72. The largest absolute Gasteiger partial charge is 0.416 e. The molecule has 0 bridgehead atoms. The first-order chi connectivity index (χ1) is 19.4.